The third kappa shape index (κ3) is 3.39. The van der Waals surface area contributed by atoms with Crippen molar-refractivity contribution in [3.05, 3.63) is 29.5 Å². The molecule has 0 aliphatic heterocycles. The van der Waals surface area contributed by atoms with Gasteiger partial charge in [0.05, 0.1) is 38.3 Å². The first-order valence-electron chi connectivity index (χ1n) is 6.62. The Balaban J connectivity index is 2.24. The maximum Gasteiger partial charge on any atom is 0.309 e. The summed E-state index contributed by atoms with van der Waals surface area (Å²) in [6.07, 6.45) is 2.16. The van der Waals surface area contributed by atoms with E-state index in [0.29, 0.717) is 6.42 Å². The average Bonchev–Trinajstić information content (AvgIpc) is 2.94. The van der Waals surface area contributed by atoms with E-state index < -0.39 is 17.9 Å². The van der Waals surface area contributed by atoms with Crippen LogP contribution >= 0.6 is 0 Å². The fraction of sp³-hybridized carbons (Fsp3) is 0.400. The van der Waals surface area contributed by atoms with Gasteiger partial charge in [-0.25, -0.2) is 0 Å². The number of ether oxygens (including phenoxy) is 2. The molecule has 0 aliphatic carbocycles. The second kappa shape index (κ2) is 6.39. The van der Waals surface area contributed by atoms with E-state index in [1.54, 1.807) is 6.20 Å². The van der Waals surface area contributed by atoms with Gasteiger partial charge in [-0.1, -0.05) is 6.07 Å². The molecular formula is C15H18N2O4. The third-order valence-corrected chi connectivity index (χ3v) is 3.46. The van der Waals surface area contributed by atoms with E-state index in [1.807, 2.05) is 19.1 Å². The van der Waals surface area contributed by atoms with Crippen molar-refractivity contribution < 1.29 is 19.1 Å². The SMILES string of the molecule is COC(=O)CC(Cc1cc(C)c2[nH]ncc2c1)C(=O)OC. The Morgan fingerprint density at radius 1 is 1.29 bits per heavy atom. The van der Waals surface area contributed by atoms with E-state index in [-0.39, 0.29) is 6.42 Å². The van der Waals surface area contributed by atoms with Crippen LogP contribution in [-0.2, 0) is 25.5 Å². The van der Waals surface area contributed by atoms with Crippen molar-refractivity contribution in [3.63, 3.8) is 0 Å². The van der Waals surface area contributed by atoms with Crippen LogP contribution in [0.3, 0.4) is 0 Å². The molecule has 2 rings (SSSR count). The van der Waals surface area contributed by atoms with Gasteiger partial charge in [-0.15, -0.1) is 0 Å². The summed E-state index contributed by atoms with van der Waals surface area (Å²) < 4.78 is 9.40. The number of fused-ring (bicyclic) bond motifs is 1. The third-order valence-electron chi connectivity index (χ3n) is 3.46. The fourth-order valence-electron chi connectivity index (χ4n) is 2.40. The molecule has 0 spiro atoms. The molecule has 6 heteroatoms. The highest BCUT2D eigenvalue weighted by Crippen LogP contribution is 2.22. The molecule has 21 heavy (non-hydrogen) atoms. The number of nitrogens with zero attached hydrogens (tertiary/aromatic N) is 1. The number of benzene rings is 1. The van der Waals surface area contributed by atoms with Crippen LogP contribution in [0.5, 0.6) is 0 Å². The van der Waals surface area contributed by atoms with Crippen molar-refractivity contribution in [1.29, 1.82) is 0 Å². The Morgan fingerprint density at radius 3 is 2.71 bits per heavy atom. The van der Waals surface area contributed by atoms with Crippen LogP contribution in [-0.4, -0.2) is 36.4 Å². The van der Waals surface area contributed by atoms with Crippen LogP contribution < -0.4 is 0 Å². The van der Waals surface area contributed by atoms with Gasteiger partial charge in [0, 0.05) is 5.39 Å². The number of rotatable bonds is 5. The molecule has 1 unspecified atom stereocenters. The molecule has 1 atom stereocenters. The lowest BCUT2D eigenvalue weighted by molar-refractivity contribution is -0.151. The highest BCUT2D eigenvalue weighted by molar-refractivity contribution is 5.83. The van der Waals surface area contributed by atoms with Gasteiger partial charge < -0.3 is 9.47 Å². The first-order valence-corrected chi connectivity index (χ1v) is 6.62. The minimum Gasteiger partial charge on any atom is -0.469 e. The minimum atomic E-state index is -0.550. The Kier molecular flexibility index (Phi) is 4.57. The van der Waals surface area contributed by atoms with Crippen molar-refractivity contribution >= 4 is 22.8 Å². The van der Waals surface area contributed by atoms with Gasteiger partial charge >= 0.3 is 11.9 Å². The predicted molar refractivity (Wildman–Crippen MR) is 76.7 cm³/mol. The monoisotopic (exact) mass is 290 g/mol. The first-order chi connectivity index (χ1) is 10.0. The Bertz CT molecular complexity index is 663. The maximum absolute atomic E-state index is 11.8. The number of hydrogen-bond donors (Lipinski definition) is 1. The number of H-pyrrole nitrogens is 1. The number of carbonyl (C=O) groups excluding carboxylic acids is 2. The van der Waals surface area contributed by atoms with Crippen molar-refractivity contribution in [2.75, 3.05) is 14.2 Å². The first kappa shape index (κ1) is 15.0. The topological polar surface area (TPSA) is 81.3 Å². The highest BCUT2D eigenvalue weighted by atomic mass is 16.5. The molecular weight excluding hydrogens is 272 g/mol. The summed E-state index contributed by atoms with van der Waals surface area (Å²) in [5, 5.41) is 7.91. The molecule has 1 heterocycles. The second-order valence-corrected chi connectivity index (χ2v) is 4.95. The molecule has 0 aliphatic rings. The Labute approximate surface area is 122 Å². The summed E-state index contributed by atoms with van der Waals surface area (Å²) in [5.74, 6) is -1.39. The summed E-state index contributed by atoms with van der Waals surface area (Å²) in [4.78, 5) is 23.2. The number of carbonyl (C=O) groups is 2. The van der Waals surface area contributed by atoms with Gasteiger partial charge in [0.1, 0.15) is 0 Å². The summed E-state index contributed by atoms with van der Waals surface area (Å²) in [7, 11) is 2.62. The van der Waals surface area contributed by atoms with Crippen LogP contribution in [0.15, 0.2) is 18.3 Å². The van der Waals surface area contributed by atoms with E-state index in [1.165, 1.54) is 14.2 Å². The van der Waals surface area contributed by atoms with Crippen LogP contribution in [0.2, 0.25) is 0 Å². The van der Waals surface area contributed by atoms with Crippen LogP contribution in [0.25, 0.3) is 10.9 Å². The molecule has 0 bridgehead atoms. The molecule has 0 fully saturated rings. The van der Waals surface area contributed by atoms with Crippen LogP contribution in [0.4, 0.5) is 0 Å². The van der Waals surface area contributed by atoms with Gasteiger partial charge in [-0.2, -0.15) is 5.10 Å². The van der Waals surface area contributed by atoms with Gasteiger partial charge in [0.15, 0.2) is 0 Å². The number of methoxy groups -OCH3 is 2. The van der Waals surface area contributed by atoms with Crippen LogP contribution in [0, 0.1) is 12.8 Å². The van der Waals surface area contributed by atoms with Gasteiger partial charge in [-0.3, -0.25) is 14.7 Å². The number of aryl methyl sites for hydroxylation is 1. The van der Waals surface area contributed by atoms with Crippen molar-refractivity contribution in [2.45, 2.75) is 19.8 Å². The summed E-state index contributed by atoms with van der Waals surface area (Å²) in [5.41, 5.74) is 2.98. The predicted octanol–water partition coefficient (Wildman–Crippen LogP) is 1.77. The zero-order chi connectivity index (χ0) is 15.4. The van der Waals surface area contributed by atoms with E-state index >= 15 is 0 Å². The van der Waals surface area contributed by atoms with Gasteiger partial charge in [-0.05, 0) is 30.5 Å². The van der Waals surface area contributed by atoms with E-state index in [9.17, 15) is 9.59 Å². The molecule has 0 radical (unpaired) electrons. The average molecular weight is 290 g/mol. The normalized spacial score (nSPS) is 12.1. The molecule has 1 N–H and O–H groups in total. The lowest BCUT2D eigenvalue weighted by Crippen LogP contribution is -2.22. The highest BCUT2D eigenvalue weighted by Gasteiger charge is 2.24. The van der Waals surface area contributed by atoms with Crippen molar-refractivity contribution in [3.8, 4) is 0 Å². The lowest BCUT2D eigenvalue weighted by atomic mass is 9.94. The van der Waals surface area contributed by atoms with E-state index in [2.05, 4.69) is 14.9 Å². The molecule has 112 valence electrons. The van der Waals surface area contributed by atoms with Gasteiger partial charge in [0.25, 0.3) is 0 Å². The van der Waals surface area contributed by atoms with Gasteiger partial charge in [0.2, 0.25) is 0 Å². The Morgan fingerprint density at radius 2 is 2.05 bits per heavy atom. The molecule has 2 aromatic rings. The number of aromatic amines is 1. The largest absolute Gasteiger partial charge is 0.469 e. The van der Waals surface area contributed by atoms with Crippen molar-refractivity contribution in [1.82, 2.24) is 10.2 Å². The second-order valence-electron chi connectivity index (χ2n) is 4.95. The summed E-state index contributed by atoms with van der Waals surface area (Å²) in [6, 6.07) is 3.94. The fourth-order valence-corrected chi connectivity index (χ4v) is 2.40. The number of aromatic nitrogens is 2. The maximum atomic E-state index is 11.8. The quantitative estimate of drug-likeness (QED) is 0.849. The van der Waals surface area contributed by atoms with E-state index in [4.69, 9.17) is 4.74 Å². The molecule has 0 saturated heterocycles. The zero-order valence-electron chi connectivity index (χ0n) is 12.3. The number of esters is 2. The summed E-state index contributed by atoms with van der Waals surface area (Å²) in [6.45, 7) is 1.97. The molecule has 6 nitrogen and oxygen atoms in total. The molecule has 0 amide bonds. The molecule has 0 saturated carbocycles. The zero-order valence-corrected chi connectivity index (χ0v) is 12.3. The smallest absolute Gasteiger partial charge is 0.309 e. The van der Waals surface area contributed by atoms with Crippen LogP contribution in [0.1, 0.15) is 17.5 Å². The number of nitrogens with one attached hydrogen (secondary N) is 1. The molecule has 1 aromatic carbocycles. The lowest BCUT2D eigenvalue weighted by Gasteiger charge is -2.14. The van der Waals surface area contributed by atoms with Crippen molar-refractivity contribution in [2.24, 2.45) is 5.92 Å². The summed E-state index contributed by atoms with van der Waals surface area (Å²) >= 11 is 0. The standard InChI is InChI=1S/C15H18N2O4/c1-9-4-10(6-12-8-16-17-14(9)12)5-11(15(19)21-3)7-13(18)20-2/h4,6,8,11H,5,7H2,1-3H3,(H,16,17). The molecule has 1 aromatic heterocycles. The minimum absolute atomic E-state index is 0.00560. The Hall–Kier alpha value is -2.37. The van der Waals surface area contributed by atoms with E-state index in [0.717, 1.165) is 22.0 Å². The number of hydrogen-bond acceptors (Lipinski definition) is 5.